The zero-order valence-corrected chi connectivity index (χ0v) is 14.1. The molecule has 0 unspecified atom stereocenters. The maximum atomic E-state index is 6.12. The Morgan fingerprint density at radius 3 is 2.61 bits per heavy atom. The Bertz CT molecular complexity index is 596. The summed E-state index contributed by atoms with van der Waals surface area (Å²) in [7, 11) is 0. The zero-order valence-electron chi connectivity index (χ0n) is 14.1. The number of piperidine rings is 1. The van der Waals surface area contributed by atoms with Gasteiger partial charge in [-0.2, -0.15) is 0 Å². The van der Waals surface area contributed by atoms with Crippen LogP contribution in [-0.4, -0.2) is 30.6 Å². The summed E-state index contributed by atoms with van der Waals surface area (Å²) in [5.41, 5.74) is 2.60. The molecule has 0 aliphatic carbocycles. The summed E-state index contributed by atoms with van der Waals surface area (Å²) in [6.07, 6.45) is 4.95. The SMILES string of the molecule is C[C@@H]1CCCCN1CCOc1ccccc1Cc1ccccc1. The highest BCUT2D eigenvalue weighted by atomic mass is 16.5. The van der Waals surface area contributed by atoms with Gasteiger partial charge in [0.15, 0.2) is 0 Å². The van der Waals surface area contributed by atoms with Crippen LogP contribution in [0.15, 0.2) is 54.6 Å². The summed E-state index contributed by atoms with van der Waals surface area (Å²) in [6, 6.07) is 19.7. The van der Waals surface area contributed by atoms with Gasteiger partial charge in [0.05, 0.1) is 0 Å². The molecule has 0 saturated carbocycles. The average molecular weight is 309 g/mol. The molecule has 0 aromatic heterocycles. The van der Waals surface area contributed by atoms with Crippen LogP contribution < -0.4 is 4.74 Å². The second kappa shape index (κ2) is 8.16. The Balaban J connectivity index is 1.57. The number of para-hydroxylation sites is 1. The lowest BCUT2D eigenvalue weighted by Gasteiger charge is -2.33. The van der Waals surface area contributed by atoms with E-state index >= 15 is 0 Å². The molecule has 3 rings (SSSR count). The third-order valence-corrected chi connectivity index (χ3v) is 4.79. The molecule has 0 N–H and O–H groups in total. The predicted molar refractivity (Wildman–Crippen MR) is 96.1 cm³/mol. The van der Waals surface area contributed by atoms with Crippen LogP contribution >= 0.6 is 0 Å². The Morgan fingerprint density at radius 1 is 1.00 bits per heavy atom. The molecule has 0 amide bonds. The van der Waals surface area contributed by atoms with E-state index in [-0.39, 0.29) is 0 Å². The molecule has 122 valence electrons. The van der Waals surface area contributed by atoms with Gasteiger partial charge in [0.1, 0.15) is 12.4 Å². The zero-order chi connectivity index (χ0) is 15.9. The van der Waals surface area contributed by atoms with Crippen molar-refractivity contribution in [3.63, 3.8) is 0 Å². The van der Waals surface area contributed by atoms with Crippen molar-refractivity contribution in [3.8, 4) is 5.75 Å². The minimum atomic E-state index is 0.701. The topological polar surface area (TPSA) is 12.5 Å². The summed E-state index contributed by atoms with van der Waals surface area (Å²) in [5, 5.41) is 0. The number of nitrogens with zero attached hydrogens (tertiary/aromatic N) is 1. The van der Waals surface area contributed by atoms with Gasteiger partial charge < -0.3 is 4.74 Å². The molecule has 0 bridgehead atoms. The summed E-state index contributed by atoms with van der Waals surface area (Å²) >= 11 is 0. The number of ether oxygens (including phenoxy) is 1. The Labute approximate surface area is 140 Å². The van der Waals surface area contributed by atoms with E-state index in [4.69, 9.17) is 4.74 Å². The van der Waals surface area contributed by atoms with Crippen molar-refractivity contribution in [2.45, 2.75) is 38.6 Å². The van der Waals surface area contributed by atoms with E-state index in [9.17, 15) is 0 Å². The van der Waals surface area contributed by atoms with Crippen molar-refractivity contribution in [3.05, 3.63) is 65.7 Å². The first-order valence-electron chi connectivity index (χ1n) is 8.81. The fourth-order valence-corrected chi connectivity index (χ4v) is 3.37. The Hall–Kier alpha value is -1.80. The molecule has 2 heteroatoms. The Kier molecular flexibility index (Phi) is 5.71. The van der Waals surface area contributed by atoms with E-state index < -0.39 is 0 Å². The van der Waals surface area contributed by atoms with E-state index in [1.54, 1.807) is 0 Å². The molecule has 23 heavy (non-hydrogen) atoms. The van der Waals surface area contributed by atoms with Crippen molar-refractivity contribution in [2.24, 2.45) is 0 Å². The highest BCUT2D eigenvalue weighted by molar-refractivity contribution is 5.37. The van der Waals surface area contributed by atoms with Crippen molar-refractivity contribution < 1.29 is 4.74 Å². The van der Waals surface area contributed by atoms with E-state index in [0.717, 1.165) is 25.3 Å². The summed E-state index contributed by atoms with van der Waals surface area (Å²) in [5.74, 6) is 1.03. The normalized spacial score (nSPS) is 18.7. The van der Waals surface area contributed by atoms with Crippen molar-refractivity contribution in [1.29, 1.82) is 0 Å². The second-order valence-electron chi connectivity index (χ2n) is 6.50. The second-order valence-corrected chi connectivity index (χ2v) is 6.50. The summed E-state index contributed by atoms with van der Waals surface area (Å²) in [4.78, 5) is 2.56. The van der Waals surface area contributed by atoms with Gasteiger partial charge in [-0.15, -0.1) is 0 Å². The molecule has 1 aliphatic heterocycles. The third-order valence-electron chi connectivity index (χ3n) is 4.79. The van der Waals surface area contributed by atoms with E-state index in [1.807, 2.05) is 0 Å². The van der Waals surface area contributed by atoms with Gasteiger partial charge in [-0.05, 0) is 43.5 Å². The smallest absolute Gasteiger partial charge is 0.122 e. The van der Waals surface area contributed by atoms with Crippen LogP contribution in [0.1, 0.15) is 37.3 Å². The van der Waals surface area contributed by atoms with Crippen LogP contribution in [0.3, 0.4) is 0 Å². The van der Waals surface area contributed by atoms with Gasteiger partial charge in [0, 0.05) is 19.0 Å². The van der Waals surface area contributed by atoms with Gasteiger partial charge in [0.25, 0.3) is 0 Å². The van der Waals surface area contributed by atoms with E-state index in [2.05, 4.69) is 66.4 Å². The lowest BCUT2D eigenvalue weighted by atomic mass is 10.0. The maximum Gasteiger partial charge on any atom is 0.122 e. The largest absolute Gasteiger partial charge is 0.492 e. The van der Waals surface area contributed by atoms with E-state index in [0.29, 0.717) is 6.04 Å². The molecule has 2 aromatic carbocycles. The van der Waals surface area contributed by atoms with Crippen LogP contribution in [0.25, 0.3) is 0 Å². The minimum Gasteiger partial charge on any atom is -0.492 e. The first kappa shape index (κ1) is 16.1. The number of rotatable bonds is 6. The highest BCUT2D eigenvalue weighted by Crippen LogP contribution is 2.22. The minimum absolute atomic E-state index is 0.701. The van der Waals surface area contributed by atoms with Crippen LogP contribution in [0.4, 0.5) is 0 Å². The van der Waals surface area contributed by atoms with Crippen LogP contribution in [-0.2, 0) is 6.42 Å². The molecular formula is C21H27NO. The molecule has 2 nitrogen and oxygen atoms in total. The monoisotopic (exact) mass is 309 g/mol. The van der Waals surface area contributed by atoms with Crippen molar-refractivity contribution >= 4 is 0 Å². The van der Waals surface area contributed by atoms with Gasteiger partial charge in [0.2, 0.25) is 0 Å². The number of hydrogen-bond acceptors (Lipinski definition) is 2. The van der Waals surface area contributed by atoms with Crippen LogP contribution in [0.5, 0.6) is 5.75 Å². The first-order valence-corrected chi connectivity index (χ1v) is 8.81. The highest BCUT2D eigenvalue weighted by Gasteiger charge is 2.17. The first-order chi connectivity index (χ1) is 11.3. The molecule has 1 heterocycles. The molecule has 1 fully saturated rings. The molecular weight excluding hydrogens is 282 g/mol. The quantitative estimate of drug-likeness (QED) is 0.777. The number of hydrogen-bond donors (Lipinski definition) is 0. The molecule has 2 aromatic rings. The van der Waals surface area contributed by atoms with Crippen LogP contribution in [0.2, 0.25) is 0 Å². The van der Waals surface area contributed by atoms with Gasteiger partial charge in [-0.25, -0.2) is 0 Å². The molecule has 1 atom stereocenters. The molecule has 0 radical (unpaired) electrons. The van der Waals surface area contributed by atoms with Gasteiger partial charge in [-0.1, -0.05) is 55.0 Å². The van der Waals surface area contributed by atoms with Crippen molar-refractivity contribution in [1.82, 2.24) is 4.90 Å². The fraction of sp³-hybridized carbons (Fsp3) is 0.429. The van der Waals surface area contributed by atoms with Crippen molar-refractivity contribution in [2.75, 3.05) is 19.7 Å². The summed E-state index contributed by atoms with van der Waals surface area (Å²) < 4.78 is 6.12. The number of likely N-dealkylation sites (tertiary alicyclic amines) is 1. The van der Waals surface area contributed by atoms with Crippen LogP contribution in [0, 0.1) is 0 Å². The standard InChI is InChI=1S/C21H27NO/c1-18-9-7-8-14-22(18)15-16-23-21-13-6-5-12-20(21)17-19-10-3-2-4-11-19/h2-6,10-13,18H,7-9,14-17H2,1H3/t18-/m1/s1. The molecule has 1 aliphatic rings. The van der Waals surface area contributed by atoms with Gasteiger partial charge >= 0.3 is 0 Å². The predicted octanol–water partition coefficient (Wildman–Crippen LogP) is 4.53. The lowest BCUT2D eigenvalue weighted by molar-refractivity contribution is 0.133. The fourth-order valence-electron chi connectivity index (χ4n) is 3.37. The van der Waals surface area contributed by atoms with Gasteiger partial charge in [-0.3, -0.25) is 4.90 Å². The molecule has 0 spiro atoms. The lowest BCUT2D eigenvalue weighted by Crippen LogP contribution is -2.39. The average Bonchev–Trinajstić information content (AvgIpc) is 2.59. The maximum absolute atomic E-state index is 6.12. The number of benzene rings is 2. The third kappa shape index (κ3) is 4.59. The Morgan fingerprint density at radius 2 is 1.78 bits per heavy atom. The molecule has 1 saturated heterocycles. The summed E-state index contributed by atoms with van der Waals surface area (Å²) in [6.45, 7) is 5.36. The van der Waals surface area contributed by atoms with E-state index in [1.165, 1.54) is 36.9 Å².